The van der Waals surface area contributed by atoms with Gasteiger partial charge in [0.15, 0.2) is 0 Å². The molecule has 0 radical (unpaired) electrons. The summed E-state index contributed by atoms with van der Waals surface area (Å²) >= 11 is 0. The molecule has 1 aromatic heterocycles. The summed E-state index contributed by atoms with van der Waals surface area (Å²) in [5, 5.41) is 0. The lowest BCUT2D eigenvalue weighted by Crippen LogP contribution is -2.40. The van der Waals surface area contributed by atoms with Gasteiger partial charge >= 0.3 is 5.69 Å². The van der Waals surface area contributed by atoms with Crippen molar-refractivity contribution in [3.8, 4) is 0 Å². The molecule has 1 aliphatic heterocycles. The van der Waals surface area contributed by atoms with Crippen molar-refractivity contribution in [3.05, 3.63) is 64.6 Å². The predicted octanol–water partition coefficient (Wildman–Crippen LogP) is 3.76. The number of sulfonamides is 1. The standard InChI is InChI=1S/C26H32N4O4S/c1-28(20-9-3-2-4-10-20)35(33,34)22-11-7-8-19(18-22)25(31)29-16-14-21(15-17-29)30-24-13-6-5-12-23(24)27-26(30)32/h5-8,11-13,18,20-21H,2-4,9-10,14-17H2,1H3,(H,27,32). The third kappa shape index (κ3) is 4.54. The number of carbonyl (C=O) groups excluding carboxylic acids is 1. The van der Waals surface area contributed by atoms with Crippen molar-refractivity contribution < 1.29 is 13.2 Å². The number of piperidine rings is 1. The van der Waals surface area contributed by atoms with Crippen LogP contribution in [0.3, 0.4) is 0 Å². The summed E-state index contributed by atoms with van der Waals surface area (Å²) < 4.78 is 29.8. The lowest BCUT2D eigenvalue weighted by Gasteiger charge is -2.33. The number of amides is 1. The molecule has 3 aromatic rings. The van der Waals surface area contributed by atoms with Crippen molar-refractivity contribution in [1.29, 1.82) is 0 Å². The van der Waals surface area contributed by atoms with Gasteiger partial charge in [0.1, 0.15) is 0 Å². The zero-order valence-corrected chi connectivity index (χ0v) is 20.8. The second-order valence-electron chi connectivity index (χ2n) is 9.68. The van der Waals surface area contributed by atoms with Crippen LogP contribution >= 0.6 is 0 Å². The number of imidazole rings is 1. The minimum absolute atomic E-state index is 0.0126. The predicted molar refractivity (Wildman–Crippen MR) is 135 cm³/mol. The highest BCUT2D eigenvalue weighted by Crippen LogP contribution is 2.28. The summed E-state index contributed by atoms with van der Waals surface area (Å²) in [6, 6.07) is 14.1. The molecule has 0 bridgehead atoms. The molecular weight excluding hydrogens is 464 g/mol. The van der Waals surface area contributed by atoms with Crippen LogP contribution < -0.4 is 5.69 Å². The van der Waals surface area contributed by atoms with E-state index in [1.165, 1.54) is 10.4 Å². The number of benzene rings is 2. The maximum Gasteiger partial charge on any atom is 0.326 e. The molecule has 0 spiro atoms. The Balaban J connectivity index is 1.30. The fourth-order valence-electron chi connectivity index (χ4n) is 5.54. The van der Waals surface area contributed by atoms with Gasteiger partial charge in [0.05, 0.1) is 15.9 Å². The molecule has 2 aromatic carbocycles. The van der Waals surface area contributed by atoms with Crippen molar-refractivity contribution in [2.24, 2.45) is 0 Å². The number of aromatic nitrogens is 2. The Morgan fingerprint density at radius 2 is 1.69 bits per heavy atom. The molecule has 35 heavy (non-hydrogen) atoms. The molecule has 5 rings (SSSR count). The van der Waals surface area contributed by atoms with Gasteiger partial charge in [-0.3, -0.25) is 9.36 Å². The molecule has 9 heteroatoms. The van der Waals surface area contributed by atoms with Crippen LogP contribution in [0.2, 0.25) is 0 Å². The Morgan fingerprint density at radius 1 is 0.971 bits per heavy atom. The second kappa shape index (κ2) is 9.62. The van der Waals surface area contributed by atoms with Gasteiger partial charge in [0.25, 0.3) is 5.91 Å². The van der Waals surface area contributed by atoms with E-state index in [1.807, 2.05) is 24.3 Å². The van der Waals surface area contributed by atoms with Gasteiger partial charge in [-0.15, -0.1) is 0 Å². The summed E-state index contributed by atoms with van der Waals surface area (Å²) in [4.78, 5) is 30.6. The molecule has 0 unspecified atom stereocenters. The lowest BCUT2D eigenvalue weighted by molar-refractivity contribution is 0.0694. The van der Waals surface area contributed by atoms with E-state index in [2.05, 4.69) is 4.98 Å². The number of para-hydroxylation sites is 2. The van der Waals surface area contributed by atoms with Crippen molar-refractivity contribution in [3.63, 3.8) is 0 Å². The maximum atomic E-state index is 13.3. The highest BCUT2D eigenvalue weighted by Gasteiger charge is 2.31. The number of nitrogens with one attached hydrogen (secondary N) is 1. The molecule has 1 N–H and O–H groups in total. The van der Waals surface area contributed by atoms with Crippen molar-refractivity contribution in [2.45, 2.75) is 61.9 Å². The van der Waals surface area contributed by atoms with Gasteiger partial charge in [0.2, 0.25) is 10.0 Å². The minimum Gasteiger partial charge on any atom is -0.338 e. The Labute approximate surface area is 205 Å². The van der Waals surface area contributed by atoms with Gasteiger partial charge < -0.3 is 9.88 Å². The quantitative estimate of drug-likeness (QED) is 0.582. The average molecular weight is 497 g/mol. The zero-order valence-electron chi connectivity index (χ0n) is 20.0. The van der Waals surface area contributed by atoms with E-state index < -0.39 is 10.0 Å². The molecule has 1 saturated carbocycles. The number of hydrogen-bond donors (Lipinski definition) is 1. The van der Waals surface area contributed by atoms with Crippen LogP contribution in [-0.4, -0.2) is 59.3 Å². The smallest absolute Gasteiger partial charge is 0.326 e. The second-order valence-corrected chi connectivity index (χ2v) is 11.7. The number of aromatic amines is 1. The van der Waals surface area contributed by atoms with E-state index >= 15 is 0 Å². The summed E-state index contributed by atoms with van der Waals surface area (Å²) in [7, 11) is -2.02. The fourth-order valence-corrected chi connectivity index (χ4v) is 7.01. The Morgan fingerprint density at radius 3 is 2.43 bits per heavy atom. The number of likely N-dealkylation sites (tertiary alicyclic amines) is 1. The van der Waals surface area contributed by atoms with E-state index in [1.54, 1.807) is 34.7 Å². The zero-order chi connectivity index (χ0) is 24.6. The number of carbonyl (C=O) groups is 1. The maximum absolute atomic E-state index is 13.3. The van der Waals surface area contributed by atoms with E-state index in [9.17, 15) is 18.0 Å². The summed E-state index contributed by atoms with van der Waals surface area (Å²) in [5.74, 6) is -0.174. The van der Waals surface area contributed by atoms with Crippen LogP contribution in [-0.2, 0) is 10.0 Å². The molecular formula is C26H32N4O4S. The molecule has 1 aliphatic carbocycles. The van der Waals surface area contributed by atoms with Crippen LogP contribution in [0, 0.1) is 0 Å². The third-order valence-corrected chi connectivity index (χ3v) is 9.49. The highest BCUT2D eigenvalue weighted by atomic mass is 32.2. The third-order valence-electron chi connectivity index (χ3n) is 7.59. The largest absolute Gasteiger partial charge is 0.338 e. The van der Waals surface area contributed by atoms with Gasteiger partial charge in [-0.2, -0.15) is 4.31 Å². The first kappa shape index (κ1) is 23.8. The van der Waals surface area contributed by atoms with Crippen molar-refractivity contribution in [1.82, 2.24) is 18.8 Å². The summed E-state index contributed by atoms with van der Waals surface area (Å²) in [5.41, 5.74) is 1.94. The fraction of sp³-hybridized carbons (Fsp3) is 0.462. The van der Waals surface area contributed by atoms with Gasteiger partial charge in [-0.25, -0.2) is 13.2 Å². The molecule has 2 aliphatic rings. The number of H-pyrrole nitrogens is 1. The van der Waals surface area contributed by atoms with E-state index in [0.29, 0.717) is 31.5 Å². The van der Waals surface area contributed by atoms with Crippen molar-refractivity contribution in [2.75, 3.05) is 20.1 Å². The van der Waals surface area contributed by atoms with Crippen LogP contribution in [0.25, 0.3) is 11.0 Å². The monoisotopic (exact) mass is 496 g/mol. The van der Waals surface area contributed by atoms with Crippen LogP contribution in [0.5, 0.6) is 0 Å². The topological polar surface area (TPSA) is 95.5 Å². The summed E-state index contributed by atoms with van der Waals surface area (Å²) in [6.45, 7) is 1.02. The lowest BCUT2D eigenvalue weighted by atomic mass is 9.96. The number of hydrogen-bond acceptors (Lipinski definition) is 4. The molecule has 1 saturated heterocycles. The first-order chi connectivity index (χ1) is 16.9. The number of nitrogens with zero attached hydrogens (tertiary/aromatic N) is 3. The first-order valence-corrected chi connectivity index (χ1v) is 13.9. The van der Waals surface area contributed by atoms with E-state index in [4.69, 9.17) is 0 Å². The first-order valence-electron chi connectivity index (χ1n) is 12.4. The van der Waals surface area contributed by atoms with Gasteiger partial charge in [-0.05, 0) is 56.0 Å². The highest BCUT2D eigenvalue weighted by molar-refractivity contribution is 7.89. The van der Waals surface area contributed by atoms with Crippen molar-refractivity contribution >= 4 is 27.0 Å². The van der Waals surface area contributed by atoms with Crippen LogP contribution in [0.4, 0.5) is 0 Å². The SMILES string of the molecule is CN(C1CCCCC1)S(=O)(=O)c1cccc(C(=O)N2CCC(n3c(=O)[nH]c4ccccc43)CC2)c1. The van der Waals surface area contributed by atoms with E-state index in [0.717, 1.165) is 43.1 Å². The molecule has 2 fully saturated rings. The molecule has 8 nitrogen and oxygen atoms in total. The summed E-state index contributed by atoms with van der Waals surface area (Å²) in [6.07, 6.45) is 6.32. The van der Waals surface area contributed by atoms with Gasteiger partial charge in [0, 0.05) is 37.8 Å². The number of rotatable bonds is 5. The van der Waals surface area contributed by atoms with Gasteiger partial charge in [-0.1, -0.05) is 37.5 Å². The molecule has 186 valence electrons. The molecule has 1 amide bonds. The Hall–Kier alpha value is -2.91. The van der Waals surface area contributed by atoms with Crippen LogP contribution in [0.15, 0.2) is 58.2 Å². The molecule has 2 heterocycles. The van der Waals surface area contributed by atoms with Crippen LogP contribution in [0.1, 0.15) is 61.3 Å². The van der Waals surface area contributed by atoms with E-state index in [-0.39, 0.29) is 28.6 Å². The number of fused-ring (bicyclic) bond motifs is 1. The normalized spacial score (nSPS) is 18.4. The average Bonchev–Trinajstić information content (AvgIpc) is 3.24. The minimum atomic E-state index is -3.67. The molecule has 0 atom stereocenters. The Bertz CT molecular complexity index is 1380. The Kier molecular flexibility index (Phi) is 6.55.